The van der Waals surface area contributed by atoms with Crippen molar-refractivity contribution in [1.29, 1.82) is 0 Å². The number of nitrogens with one attached hydrogen (secondary N) is 1. The lowest BCUT2D eigenvalue weighted by atomic mass is 9.87. The van der Waals surface area contributed by atoms with Crippen LogP contribution in [0.1, 0.15) is 51.3 Å². The van der Waals surface area contributed by atoms with E-state index in [1.54, 1.807) is 0 Å². The van der Waals surface area contributed by atoms with Gasteiger partial charge in [0.25, 0.3) is 5.91 Å². The number of carbonyl (C=O) groups excluding carboxylic acids is 2. The average Bonchev–Trinajstić information content (AvgIpc) is 2.67. The zero-order chi connectivity index (χ0) is 20.6. The Morgan fingerprint density at radius 2 is 1.64 bits per heavy atom. The van der Waals surface area contributed by atoms with E-state index in [0.29, 0.717) is 5.75 Å². The van der Waals surface area contributed by atoms with Gasteiger partial charge in [0.2, 0.25) is 0 Å². The zero-order valence-electron chi connectivity index (χ0n) is 17.0. The molecule has 0 unspecified atom stereocenters. The first-order chi connectivity index (χ1) is 13.3. The first kappa shape index (κ1) is 21.5. The van der Waals surface area contributed by atoms with Crippen molar-refractivity contribution >= 4 is 11.9 Å². The van der Waals surface area contributed by atoms with Gasteiger partial charge >= 0.3 is 5.97 Å². The number of benzene rings is 2. The molecule has 2 aromatic carbocycles. The zero-order valence-corrected chi connectivity index (χ0v) is 17.0. The van der Waals surface area contributed by atoms with Crippen molar-refractivity contribution in [3.05, 3.63) is 65.7 Å². The molecule has 0 heterocycles. The minimum atomic E-state index is -0.464. The third-order valence-corrected chi connectivity index (χ3v) is 4.34. The van der Waals surface area contributed by atoms with Gasteiger partial charge in [-0.25, -0.2) is 0 Å². The minimum absolute atomic E-state index is 0.0842. The Bertz CT molecular complexity index is 763. The SMILES string of the molecule is C[C@H](NC(=O)COC(=O)CCOc1ccc(C(C)(C)C)cc1)c1ccccc1. The van der Waals surface area contributed by atoms with E-state index in [2.05, 4.69) is 26.1 Å². The van der Waals surface area contributed by atoms with Crippen molar-refractivity contribution in [3.8, 4) is 5.75 Å². The molecule has 0 radical (unpaired) electrons. The molecule has 0 spiro atoms. The first-order valence-electron chi connectivity index (χ1n) is 9.49. The summed E-state index contributed by atoms with van der Waals surface area (Å²) in [5, 5.41) is 2.80. The van der Waals surface area contributed by atoms with Crippen LogP contribution in [0.3, 0.4) is 0 Å². The fourth-order valence-electron chi connectivity index (χ4n) is 2.63. The number of hydrogen-bond acceptors (Lipinski definition) is 4. The molecule has 2 aromatic rings. The number of hydrogen-bond donors (Lipinski definition) is 1. The second-order valence-electron chi connectivity index (χ2n) is 7.73. The van der Waals surface area contributed by atoms with Gasteiger partial charge in [-0.15, -0.1) is 0 Å². The summed E-state index contributed by atoms with van der Waals surface area (Å²) >= 11 is 0. The summed E-state index contributed by atoms with van der Waals surface area (Å²) in [7, 11) is 0. The molecule has 0 bridgehead atoms. The summed E-state index contributed by atoms with van der Waals surface area (Å²) in [5.74, 6) is -0.0903. The normalized spacial score (nSPS) is 12.1. The Hall–Kier alpha value is -2.82. The van der Waals surface area contributed by atoms with Crippen molar-refractivity contribution in [2.45, 2.75) is 45.6 Å². The lowest BCUT2D eigenvalue weighted by Crippen LogP contribution is -2.31. The third-order valence-electron chi connectivity index (χ3n) is 4.34. The molecule has 5 nitrogen and oxygen atoms in total. The first-order valence-corrected chi connectivity index (χ1v) is 9.49. The van der Waals surface area contributed by atoms with Gasteiger partial charge in [0.1, 0.15) is 5.75 Å². The Morgan fingerprint density at radius 1 is 1.00 bits per heavy atom. The molecule has 5 heteroatoms. The number of amides is 1. The van der Waals surface area contributed by atoms with Crippen LogP contribution >= 0.6 is 0 Å². The van der Waals surface area contributed by atoms with E-state index in [1.165, 1.54) is 5.56 Å². The van der Waals surface area contributed by atoms with Gasteiger partial charge in [-0.05, 0) is 35.6 Å². The van der Waals surface area contributed by atoms with Gasteiger partial charge in [0.05, 0.1) is 19.1 Å². The number of esters is 1. The van der Waals surface area contributed by atoms with Crippen LogP contribution in [0.15, 0.2) is 54.6 Å². The van der Waals surface area contributed by atoms with E-state index in [-0.39, 0.29) is 37.0 Å². The summed E-state index contributed by atoms with van der Waals surface area (Å²) in [6.45, 7) is 8.24. The van der Waals surface area contributed by atoms with Gasteiger partial charge in [0.15, 0.2) is 6.61 Å². The molecule has 0 aliphatic heterocycles. The minimum Gasteiger partial charge on any atom is -0.493 e. The maximum Gasteiger partial charge on any atom is 0.309 e. The van der Waals surface area contributed by atoms with Gasteiger partial charge < -0.3 is 14.8 Å². The molecule has 1 atom stereocenters. The highest BCUT2D eigenvalue weighted by Gasteiger charge is 2.14. The van der Waals surface area contributed by atoms with Crippen LogP contribution in [0.25, 0.3) is 0 Å². The van der Waals surface area contributed by atoms with Crippen LogP contribution in [0.5, 0.6) is 5.75 Å². The summed E-state index contributed by atoms with van der Waals surface area (Å²) in [6.07, 6.45) is 0.0859. The molecule has 0 saturated carbocycles. The molecule has 1 N–H and O–H groups in total. The van der Waals surface area contributed by atoms with Crippen molar-refractivity contribution in [1.82, 2.24) is 5.32 Å². The van der Waals surface area contributed by atoms with Crippen LogP contribution in [-0.4, -0.2) is 25.1 Å². The lowest BCUT2D eigenvalue weighted by Gasteiger charge is -2.19. The van der Waals surface area contributed by atoms with Crippen LogP contribution in [0.4, 0.5) is 0 Å². The molecule has 2 rings (SSSR count). The molecule has 28 heavy (non-hydrogen) atoms. The number of carbonyl (C=O) groups is 2. The van der Waals surface area contributed by atoms with Gasteiger partial charge in [0, 0.05) is 0 Å². The summed E-state index contributed by atoms with van der Waals surface area (Å²) in [5.41, 5.74) is 2.30. The summed E-state index contributed by atoms with van der Waals surface area (Å²) in [6, 6.07) is 17.3. The highest BCUT2D eigenvalue weighted by molar-refractivity contribution is 5.80. The fourth-order valence-corrected chi connectivity index (χ4v) is 2.63. The molecule has 150 valence electrons. The largest absolute Gasteiger partial charge is 0.493 e. The maximum atomic E-state index is 11.9. The van der Waals surface area contributed by atoms with E-state index >= 15 is 0 Å². The van der Waals surface area contributed by atoms with Crippen molar-refractivity contribution in [3.63, 3.8) is 0 Å². The van der Waals surface area contributed by atoms with Crippen LogP contribution in [-0.2, 0) is 19.7 Å². The average molecular weight is 383 g/mol. The monoisotopic (exact) mass is 383 g/mol. The molecule has 0 saturated heterocycles. The third kappa shape index (κ3) is 7.06. The Balaban J connectivity index is 1.66. The van der Waals surface area contributed by atoms with Crippen LogP contribution in [0.2, 0.25) is 0 Å². The van der Waals surface area contributed by atoms with E-state index in [4.69, 9.17) is 9.47 Å². The van der Waals surface area contributed by atoms with Crippen molar-refractivity contribution in [2.75, 3.05) is 13.2 Å². The molecule has 0 aliphatic carbocycles. The Kier molecular flexibility index (Phi) is 7.61. The maximum absolute atomic E-state index is 11.9. The Labute approximate surface area is 167 Å². The molecule has 1 amide bonds. The van der Waals surface area contributed by atoms with Crippen molar-refractivity contribution < 1.29 is 19.1 Å². The number of ether oxygens (including phenoxy) is 2. The predicted octanol–water partition coefficient (Wildman–Crippen LogP) is 4.17. The van der Waals surface area contributed by atoms with E-state index < -0.39 is 5.97 Å². The molecular formula is C23H29NO4. The fraction of sp³-hybridized carbons (Fsp3) is 0.391. The van der Waals surface area contributed by atoms with E-state index in [0.717, 1.165) is 5.56 Å². The predicted molar refractivity (Wildman–Crippen MR) is 109 cm³/mol. The summed E-state index contributed by atoms with van der Waals surface area (Å²) < 4.78 is 10.6. The lowest BCUT2D eigenvalue weighted by molar-refractivity contribution is -0.149. The van der Waals surface area contributed by atoms with Gasteiger partial charge in [-0.3, -0.25) is 9.59 Å². The molecular weight excluding hydrogens is 354 g/mol. The standard InChI is InChI=1S/C23H29NO4/c1-17(18-8-6-5-7-9-18)24-21(25)16-28-22(26)14-15-27-20-12-10-19(11-13-20)23(2,3)4/h5-13,17H,14-16H2,1-4H3,(H,24,25)/t17-/m0/s1. The quantitative estimate of drug-likeness (QED) is 0.695. The molecule has 0 aliphatic rings. The highest BCUT2D eigenvalue weighted by Crippen LogP contribution is 2.24. The van der Waals surface area contributed by atoms with Gasteiger partial charge in [-0.2, -0.15) is 0 Å². The summed E-state index contributed by atoms with van der Waals surface area (Å²) in [4.78, 5) is 23.7. The van der Waals surface area contributed by atoms with E-state index in [9.17, 15) is 9.59 Å². The van der Waals surface area contributed by atoms with Crippen LogP contribution < -0.4 is 10.1 Å². The van der Waals surface area contributed by atoms with Gasteiger partial charge in [-0.1, -0.05) is 63.2 Å². The second kappa shape index (κ2) is 9.93. The molecule has 0 fully saturated rings. The van der Waals surface area contributed by atoms with Crippen molar-refractivity contribution in [2.24, 2.45) is 0 Å². The topological polar surface area (TPSA) is 64.6 Å². The van der Waals surface area contributed by atoms with E-state index in [1.807, 2.05) is 61.5 Å². The second-order valence-corrected chi connectivity index (χ2v) is 7.73. The Morgan fingerprint density at radius 3 is 2.25 bits per heavy atom. The smallest absolute Gasteiger partial charge is 0.309 e. The number of rotatable bonds is 8. The molecule has 0 aromatic heterocycles. The highest BCUT2D eigenvalue weighted by atomic mass is 16.5. The van der Waals surface area contributed by atoms with Crippen LogP contribution in [0, 0.1) is 0 Å².